The number of aryl methyl sites for hydroxylation is 1. The van der Waals surface area contributed by atoms with Gasteiger partial charge in [0.25, 0.3) is 0 Å². The first-order valence-corrected chi connectivity index (χ1v) is 7.41. The highest BCUT2D eigenvalue weighted by Gasteiger charge is 2.23. The van der Waals surface area contributed by atoms with E-state index in [2.05, 4.69) is 62.4 Å². The topological polar surface area (TPSA) is 15.3 Å². The van der Waals surface area contributed by atoms with Crippen LogP contribution in [-0.4, -0.2) is 38.1 Å². The van der Waals surface area contributed by atoms with Gasteiger partial charge in [0.05, 0.1) is 0 Å². The molecule has 0 bridgehead atoms. The van der Waals surface area contributed by atoms with E-state index in [1.54, 1.807) is 5.56 Å². The van der Waals surface area contributed by atoms with Crippen LogP contribution in [0.3, 0.4) is 0 Å². The first-order chi connectivity index (χ1) is 8.96. The van der Waals surface area contributed by atoms with Gasteiger partial charge in [-0.1, -0.05) is 38.1 Å². The lowest BCUT2D eigenvalue weighted by Gasteiger charge is -2.32. The van der Waals surface area contributed by atoms with Crippen molar-refractivity contribution in [3.05, 3.63) is 35.4 Å². The van der Waals surface area contributed by atoms with Gasteiger partial charge in [0.1, 0.15) is 0 Å². The van der Waals surface area contributed by atoms with E-state index >= 15 is 0 Å². The van der Waals surface area contributed by atoms with E-state index in [4.69, 9.17) is 0 Å². The Balaban J connectivity index is 1.86. The lowest BCUT2D eigenvalue weighted by molar-refractivity contribution is 0.222. The zero-order valence-corrected chi connectivity index (χ0v) is 12.9. The van der Waals surface area contributed by atoms with Crippen LogP contribution in [0.5, 0.6) is 0 Å². The fraction of sp³-hybridized carbons (Fsp3) is 0.647. The normalized spacial score (nSPS) is 19.5. The largest absolute Gasteiger partial charge is 0.313 e. The number of benzene rings is 1. The Kier molecular flexibility index (Phi) is 4.64. The average Bonchev–Trinajstić information content (AvgIpc) is 2.35. The minimum atomic E-state index is 0.334. The first kappa shape index (κ1) is 14.5. The third-order valence-electron chi connectivity index (χ3n) is 3.96. The molecule has 1 aromatic carbocycles. The van der Waals surface area contributed by atoms with E-state index in [-0.39, 0.29) is 0 Å². The van der Waals surface area contributed by atoms with E-state index in [0.29, 0.717) is 11.5 Å². The van der Waals surface area contributed by atoms with Crippen molar-refractivity contribution in [1.29, 1.82) is 0 Å². The minimum Gasteiger partial charge on any atom is -0.313 e. The van der Waals surface area contributed by atoms with Crippen LogP contribution in [0.1, 0.15) is 31.4 Å². The van der Waals surface area contributed by atoms with Crippen molar-refractivity contribution < 1.29 is 0 Å². The van der Waals surface area contributed by atoms with Crippen LogP contribution in [0.2, 0.25) is 0 Å². The summed E-state index contributed by atoms with van der Waals surface area (Å²) < 4.78 is 0. The molecule has 0 saturated heterocycles. The average molecular weight is 260 g/mol. The molecule has 0 amide bonds. The lowest BCUT2D eigenvalue weighted by atomic mass is 9.87. The summed E-state index contributed by atoms with van der Waals surface area (Å²) in [5.74, 6) is 0. The third kappa shape index (κ3) is 4.32. The van der Waals surface area contributed by atoms with E-state index in [1.165, 1.54) is 24.8 Å². The Morgan fingerprint density at radius 2 is 1.89 bits per heavy atom. The Morgan fingerprint density at radius 3 is 2.58 bits per heavy atom. The summed E-state index contributed by atoms with van der Waals surface area (Å²) in [6.07, 6.45) is 3.69. The fourth-order valence-electron chi connectivity index (χ4n) is 3.20. The zero-order valence-electron chi connectivity index (χ0n) is 12.9. The van der Waals surface area contributed by atoms with Crippen molar-refractivity contribution in [3.63, 3.8) is 0 Å². The number of nitrogens with zero attached hydrogens (tertiary/aromatic N) is 1. The molecule has 1 aliphatic carbocycles. The molecule has 0 aromatic heterocycles. The van der Waals surface area contributed by atoms with E-state index in [9.17, 15) is 0 Å². The van der Waals surface area contributed by atoms with Crippen LogP contribution in [0.4, 0.5) is 0 Å². The van der Waals surface area contributed by atoms with Crippen LogP contribution in [-0.2, 0) is 12.8 Å². The molecule has 0 aliphatic heterocycles. The molecule has 2 nitrogen and oxygen atoms in total. The number of hydrogen-bond donors (Lipinski definition) is 1. The van der Waals surface area contributed by atoms with Gasteiger partial charge in [-0.25, -0.2) is 0 Å². The van der Waals surface area contributed by atoms with Crippen molar-refractivity contribution in [2.45, 2.75) is 39.2 Å². The van der Waals surface area contributed by atoms with Crippen LogP contribution >= 0.6 is 0 Å². The summed E-state index contributed by atoms with van der Waals surface area (Å²) in [5.41, 5.74) is 3.42. The van der Waals surface area contributed by atoms with Gasteiger partial charge in [0.15, 0.2) is 0 Å². The van der Waals surface area contributed by atoms with Gasteiger partial charge in [-0.2, -0.15) is 0 Å². The molecular formula is C17H28N2. The van der Waals surface area contributed by atoms with Gasteiger partial charge >= 0.3 is 0 Å². The smallest absolute Gasteiger partial charge is 0.0111 e. The molecule has 0 fully saturated rings. The summed E-state index contributed by atoms with van der Waals surface area (Å²) in [5, 5.41) is 3.78. The summed E-state index contributed by atoms with van der Waals surface area (Å²) in [6.45, 7) is 6.91. The highest BCUT2D eigenvalue weighted by molar-refractivity contribution is 5.30. The van der Waals surface area contributed by atoms with Gasteiger partial charge in [-0.3, -0.25) is 0 Å². The molecule has 1 aliphatic rings. The first-order valence-electron chi connectivity index (χ1n) is 7.41. The highest BCUT2D eigenvalue weighted by atomic mass is 15.1. The number of fused-ring (bicyclic) bond motifs is 1. The third-order valence-corrected chi connectivity index (χ3v) is 3.96. The van der Waals surface area contributed by atoms with Crippen molar-refractivity contribution in [2.24, 2.45) is 5.41 Å². The Hall–Kier alpha value is -0.860. The van der Waals surface area contributed by atoms with Crippen molar-refractivity contribution in [2.75, 3.05) is 27.2 Å². The Bertz CT molecular complexity index is 409. The summed E-state index contributed by atoms with van der Waals surface area (Å²) >= 11 is 0. The van der Waals surface area contributed by atoms with Crippen LogP contribution < -0.4 is 5.32 Å². The summed E-state index contributed by atoms with van der Waals surface area (Å²) in [6, 6.07) is 9.54. The minimum absolute atomic E-state index is 0.334. The van der Waals surface area contributed by atoms with Crippen LogP contribution in [0.25, 0.3) is 0 Å². The maximum Gasteiger partial charge on any atom is 0.0111 e. The van der Waals surface area contributed by atoms with Gasteiger partial charge < -0.3 is 10.2 Å². The second kappa shape index (κ2) is 6.06. The van der Waals surface area contributed by atoms with Gasteiger partial charge in [-0.05, 0) is 49.9 Å². The maximum absolute atomic E-state index is 3.78. The molecular weight excluding hydrogens is 232 g/mol. The van der Waals surface area contributed by atoms with Crippen molar-refractivity contribution in [3.8, 4) is 0 Å². The van der Waals surface area contributed by atoms with Gasteiger partial charge in [0, 0.05) is 19.1 Å². The SMILES string of the molecule is CN(C)CC(C)(C)CNC1CCc2ccccc2C1. The lowest BCUT2D eigenvalue weighted by Crippen LogP contribution is -2.43. The molecule has 0 radical (unpaired) electrons. The maximum atomic E-state index is 3.78. The Morgan fingerprint density at radius 1 is 1.21 bits per heavy atom. The monoisotopic (exact) mass is 260 g/mol. The fourth-order valence-corrected chi connectivity index (χ4v) is 3.20. The second-order valence-electron chi connectivity index (χ2n) is 6.99. The quantitative estimate of drug-likeness (QED) is 0.876. The zero-order chi connectivity index (χ0) is 13.9. The summed E-state index contributed by atoms with van der Waals surface area (Å²) in [4.78, 5) is 2.28. The molecule has 0 spiro atoms. The molecule has 19 heavy (non-hydrogen) atoms. The summed E-state index contributed by atoms with van der Waals surface area (Å²) in [7, 11) is 4.30. The molecule has 0 saturated carbocycles. The van der Waals surface area contributed by atoms with Crippen molar-refractivity contribution >= 4 is 0 Å². The second-order valence-corrected chi connectivity index (χ2v) is 6.99. The number of rotatable bonds is 5. The molecule has 0 heterocycles. The highest BCUT2D eigenvalue weighted by Crippen LogP contribution is 2.22. The van der Waals surface area contributed by atoms with Gasteiger partial charge in [-0.15, -0.1) is 0 Å². The molecule has 1 atom stereocenters. The van der Waals surface area contributed by atoms with Crippen LogP contribution in [0.15, 0.2) is 24.3 Å². The predicted octanol–water partition coefficient (Wildman–Crippen LogP) is 2.72. The number of hydrogen-bond acceptors (Lipinski definition) is 2. The molecule has 1 aromatic rings. The van der Waals surface area contributed by atoms with E-state index in [1.807, 2.05) is 0 Å². The Labute approximate surface area is 118 Å². The van der Waals surface area contributed by atoms with E-state index < -0.39 is 0 Å². The molecule has 1 N–H and O–H groups in total. The van der Waals surface area contributed by atoms with Crippen LogP contribution in [0, 0.1) is 5.41 Å². The van der Waals surface area contributed by atoms with Crippen molar-refractivity contribution in [1.82, 2.24) is 10.2 Å². The molecule has 106 valence electrons. The molecule has 2 heteroatoms. The van der Waals surface area contributed by atoms with E-state index in [0.717, 1.165) is 13.1 Å². The standard InChI is InChI=1S/C17H28N2/c1-17(2,13-19(3)4)12-18-16-10-9-14-7-5-6-8-15(14)11-16/h5-8,16,18H,9-13H2,1-4H3. The molecule has 2 rings (SSSR count). The predicted molar refractivity (Wildman–Crippen MR) is 82.6 cm³/mol. The number of nitrogens with one attached hydrogen (secondary N) is 1. The van der Waals surface area contributed by atoms with Gasteiger partial charge in [0.2, 0.25) is 0 Å². The molecule has 1 unspecified atom stereocenters.